The summed E-state index contributed by atoms with van der Waals surface area (Å²) in [5.41, 5.74) is 0.554. The molecule has 2 unspecified atom stereocenters. The van der Waals surface area contributed by atoms with E-state index < -0.39 is 17.6 Å². The van der Waals surface area contributed by atoms with Gasteiger partial charge >= 0.3 is 11.6 Å². The van der Waals surface area contributed by atoms with E-state index >= 15 is 0 Å². The number of terminal acetylenes is 1. The molecule has 5 heterocycles. The van der Waals surface area contributed by atoms with Gasteiger partial charge in [0, 0.05) is 41.2 Å². The number of likely N-dealkylation sites (tertiary alicyclic amines) is 1. The molecule has 4 aliphatic rings. The van der Waals surface area contributed by atoms with Gasteiger partial charge in [-0.1, -0.05) is 12.0 Å². The van der Waals surface area contributed by atoms with Crippen molar-refractivity contribution in [1.82, 2.24) is 19.8 Å². The molecule has 3 aliphatic heterocycles. The third-order valence-corrected chi connectivity index (χ3v) is 10.5. The summed E-state index contributed by atoms with van der Waals surface area (Å²) in [4.78, 5) is 27.2. The number of halogens is 2. The van der Waals surface area contributed by atoms with Crippen LogP contribution in [0, 0.1) is 25.1 Å². The number of benzene rings is 2. The van der Waals surface area contributed by atoms with Gasteiger partial charge in [-0.15, -0.1) is 6.42 Å². The Balaban J connectivity index is 0.000000334. The van der Waals surface area contributed by atoms with Gasteiger partial charge in [0.25, 0.3) is 0 Å². The fraction of sp³-hybridized carbons (Fsp3) is 0.472. The number of phenols is 1. The summed E-state index contributed by atoms with van der Waals surface area (Å²) in [6.45, 7) is 6.41. The van der Waals surface area contributed by atoms with E-state index in [4.69, 9.17) is 15.6 Å². The first-order chi connectivity index (χ1) is 22.7. The highest BCUT2D eigenvalue weighted by molar-refractivity contribution is 6.03. The molecule has 0 bridgehead atoms. The third kappa shape index (κ3) is 5.57. The van der Waals surface area contributed by atoms with Crippen molar-refractivity contribution in [3.05, 3.63) is 51.6 Å². The molecule has 4 fully saturated rings. The number of fused-ring (bicyclic) bond motifs is 3. The lowest BCUT2D eigenvalue weighted by Gasteiger charge is -2.54. The van der Waals surface area contributed by atoms with E-state index in [9.17, 15) is 18.7 Å². The number of alkyl halides is 1. The van der Waals surface area contributed by atoms with Gasteiger partial charge < -0.3 is 19.6 Å². The number of nitrogens with zero attached hydrogens (tertiary/aromatic N) is 4. The number of methoxy groups -OCH3 is 1. The Kier molecular flexibility index (Phi) is 8.26. The Morgan fingerprint density at radius 2 is 1.98 bits per heavy atom. The highest BCUT2D eigenvalue weighted by atomic mass is 19.1. The first-order valence-electron chi connectivity index (χ1n) is 16.4. The Morgan fingerprint density at radius 3 is 2.64 bits per heavy atom. The predicted octanol–water partition coefficient (Wildman–Crippen LogP) is 5.78. The lowest BCUT2D eigenvalue weighted by atomic mass is 9.73. The Labute approximate surface area is 271 Å². The molecule has 8 rings (SSSR count). The van der Waals surface area contributed by atoms with Crippen LogP contribution in [0.2, 0.25) is 0 Å². The minimum atomic E-state index is -0.660. The number of anilines is 1. The zero-order valence-electron chi connectivity index (χ0n) is 26.7. The number of aromatic hydroxyl groups is 1. The van der Waals surface area contributed by atoms with E-state index in [0.717, 1.165) is 38.9 Å². The lowest BCUT2D eigenvalue weighted by molar-refractivity contribution is -0.0181. The van der Waals surface area contributed by atoms with Crippen LogP contribution in [0.15, 0.2) is 33.5 Å². The predicted molar refractivity (Wildman–Crippen MR) is 177 cm³/mol. The monoisotopic (exact) mass is 643 g/mol. The van der Waals surface area contributed by atoms with Gasteiger partial charge in [-0.25, -0.2) is 13.6 Å². The summed E-state index contributed by atoms with van der Waals surface area (Å²) in [5, 5.41) is 14.9. The van der Waals surface area contributed by atoms with E-state index in [-0.39, 0.29) is 34.0 Å². The van der Waals surface area contributed by atoms with E-state index in [1.54, 1.807) is 6.92 Å². The molecule has 47 heavy (non-hydrogen) atoms. The maximum absolute atomic E-state index is 14.7. The van der Waals surface area contributed by atoms with Crippen LogP contribution in [-0.4, -0.2) is 82.5 Å². The number of aryl methyl sites for hydroxylation is 1. The van der Waals surface area contributed by atoms with Gasteiger partial charge in [0.05, 0.1) is 18.2 Å². The molecule has 0 amide bonds. The number of hydrogen-bond acceptors (Lipinski definition) is 9. The zero-order valence-corrected chi connectivity index (χ0v) is 26.7. The molecule has 1 aliphatic carbocycles. The molecule has 2 N–H and O–H groups in total. The van der Waals surface area contributed by atoms with Crippen molar-refractivity contribution in [2.45, 2.75) is 69.6 Å². The summed E-state index contributed by atoms with van der Waals surface area (Å²) in [6.07, 6.45) is 13.0. The Morgan fingerprint density at radius 1 is 1.17 bits per heavy atom. The average Bonchev–Trinajstić information content (AvgIpc) is 3.59. The molecular weight excluding hydrogens is 604 g/mol. The molecule has 3 saturated heterocycles. The largest absolute Gasteiger partial charge is 0.508 e. The zero-order chi connectivity index (χ0) is 32.9. The number of phenolic OH excluding ortho intramolecular Hbond substituents is 1. The second-order valence-electron chi connectivity index (χ2n) is 13.2. The summed E-state index contributed by atoms with van der Waals surface area (Å²) in [7, 11) is 1.46. The van der Waals surface area contributed by atoms with Gasteiger partial charge in [-0.2, -0.15) is 9.97 Å². The fourth-order valence-corrected chi connectivity index (χ4v) is 7.71. The normalized spacial score (nSPS) is 21.8. The summed E-state index contributed by atoms with van der Waals surface area (Å²) in [5.74, 6) is 2.20. The van der Waals surface area contributed by atoms with Crippen LogP contribution in [0.25, 0.3) is 33.0 Å². The second-order valence-corrected chi connectivity index (χ2v) is 13.2. The minimum absolute atomic E-state index is 0.0130. The minimum Gasteiger partial charge on any atom is -0.508 e. The van der Waals surface area contributed by atoms with Gasteiger partial charge in [0.2, 0.25) is 0 Å². The lowest BCUT2D eigenvalue weighted by Crippen LogP contribution is -2.62. The molecule has 4 aromatic rings. The molecule has 11 heteroatoms. The van der Waals surface area contributed by atoms with Gasteiger partial charge in [-0.05, 0) is 95.1 Å². The van der Waals surface area contributed by atoms with Crippen LogP contribution in [0.1, 0.15) is 56.1 Å². The van der Waals surface area contributed by atoms with Crippen molar-refractivity contribution in [3.63, 3.8) is 0 Å². The summed E-state index contributed by atoms with van der Waals surface area (Å²) in [6, 6.07) is 6.36. The topological polar surface area (TPSA) is 104 Å². The van der Waals surface area contributed by atoms with Gasteiger partial charge in [0.1, 0.15) is 34.7 Å². The van der Waals surface area contributed by atoms with Gasteiger partial charge in [-0.3, -0.25) is 9.80 Å². The first-order valence-corrected chi connectivity index (χ1v) is 16.4. The van der Waals surface area contributed by atoms with Crippen LogP contribution in [0.5, 0.6) is 11.8 Å². The van der Waals surface area contributed by atoms with Crippen LogP contribution in [-0.2, 0) is 0 Å². The molecule has 9 nitrogen and oxygen atoms in total. The second kappa shape index (κ2) is 12.4. The molecule has 1 saturated carbocycles. The number of aromatic nitrogens is 2. The molecule has 0 radical (unpaired) electrons. The molecule has 0 spiro atoms. The van der Waals surface area contributed by atoms with Crippen molar-refractivity contribution in [3.8, 4) is 35.4 Å². The SMILES string of the molecule is C#Cc1c(F)ccc2cc(O)cc(-c3oc(=O)c4c(NCC5(N6CCC6)CCC5)nc(OC)nc4c3C)c12.FC1CC2CCCN2C1. The average molecular weight is 644 g/mol. The third-order valence-electron chi connectivity index (χ3n) is 10.5. The van der Waals surface area contributed by atoms with Gasteiger partial charge in [0.15, 0.2) is 0 Å². The number of nitrogens with one attached hydrogen (secondary N) is 1. The van der Waals surface area contributed by atoms with Crippen LogP contribution in [0.3, 0.4) is 0 Å². The first kappa shape index (κ1) is 31.3. The van der Waals surface area contributed by atoms with E-state index in [1.165, 1.54) is 57.1 Å². The van der Waals surface area contributed by atoms with Crippen molar-refractivity contribution in [2.75, 3.05) is 45.2 Å². The molecular formula is C36H39F2N5O4. The maximum Gasteiger partial charge on any atom is 0.349 e. The maximum atomic E-state index is 14.7. The van der Waals surface area contributed by atoms with E-state index in [2.05, 4.69) is 31.0 Å². The highest BCUT2D eigenvalue weighted by Crippen LogP contribution is 2.42. The van der Waals surface area contributed by atoms with E-state index in [0.29, 0.717) is 52.4 Å². The number of hydrogen-bond donors (Lipinski definition) is 2. The van der Waals surface area contributed by atoms with E-state index in [1.807, 2.05) is 0 Å². The highest BCUT2D eigenvalue weighted by Gasteiger charge is 2.44. The van der Waals surface area contributed by atoms with Crippen molar-refractivity contribution in [2.24, 2.45) is 0 Å². The number of rotatable bonds is 6. The van der Waals surface area contributed by atoms with Crippen molar-refractivity contribution in [1.29, 1.82) is 0 Å². The molecule has 2 aromatic carbocycles. The Hall–Kier alpha value is -4.27. The molecule has 2 atom stereocenters. The standard InChI is InChI=1S/C29H27FN4O4.C7H12FN/c1-4-19-21(30)8-7-17-13-18(35)14-20(22(17)19)25-16(2)24-23(27(36)38-25)26(33-28(32-24)37-3)31-15-29(9-5-10-29)34-11-6-12-34;8-6-4-7-2-1-3-9(7)5-6/h1,7-8,13-14,35H,5-6,9-12,15H2,2-3H3,(H,31,32,33);6-7H,1-5H2. The molecule has 2 aromatic heterocycles. The molecule has 246 valence electrons. The quantitative estimate of drug-likeness (QED) is 0.253. The van der Waals surface area contributed by atoms with Crippen LogP contribution >= 0.6 is 0 Å². The van der Waals surface area contributed by atoms with Crippen molar-refractivity contribution >= 4 is 27.5 Å². The number of ether oxygens (including phenoxy) is 1. The summed E-state index contributed by atoms with van der Waals surface area (Å²) >= 11 is 0. The summed E-state index contributed by atoms with van der Waals surface area (Å²) < 4.78 is 38.5. The van der Waals surface area contributed by atoms with Crippen molar-refractivity contribution < 1.29 is 23.0 Å². The fourth-order valence-electron chi connectivity index (χ4n) is 7.71. The smallest absolute Gasteiger partial charge is 0.349 e. The van der Waals surface area contributed by atoms with Crippen LogP contribution in [0.4, 0.5) is 14.6 Å². The van der Waals surface area contributed by atoms with Crippen LogP contribution < -0.4 is 15.7 Å². The Bertz CT molecular complexity index is 1940.